The lowest BCUT2D eigenvalue weighted by Crippen LogP contribution is -2.34. The van der Waals surface area contributed by atoms with Gasteiger partial charge in [0.2, 0.25) is 5.91 Å². The normalized spacial score (nSPS) is 11.0. The van der Waals surface area contributed by atoms with E-state index in [1.165, 1.54) is 11.3 Å². The molecule has 0 aliphatic heterocycles. The van der Waals surface area contributed by atoms with Gasteiger partial charge >= 0.3 is 0 Å². The number of nitrogens with one attached hydrogen (secondary N) is 1. The summed E-state index contributed by atoms with van der Waals surface area (Å²) in [5, 5.41) is 3.68. The molecule has 2 heterocycles. The topological polar surface area (TPSA) is 88.2 Å². The highest BCUT2D eigenvalue weighted by Crippen LogP contribution is 2.32. The largest absolute Gasteiger partial charge is 0.493 e. The van der Waals surface area contributed by atoms with Gasteiger partial charge in [0.25, 0.3) is 5.56 Å². The molecule has 0 spiro atoms. The van der Waals surface area contributed by atoms with Gasteiger partial charge in [0, 0.05) is 16.9 Å². The van der Waals surface area contributed by atoms with Gasteiger partial charge in [-0.05, 0) is 43.7 Å². The zero-order chi connectivity index (χ0) is 24.1. The molecule has 0 aliphatic carbocycles. The van der Waals surface area contributed by atoms with E-state index in [0.29, 0.717) is 40.6 Å². The van der Waals surface area contributed by atoms with Crippen molar-refractivity contribution in [3.8, 4) is 16.3 Å². The quantitative estimate of drug-likeness (QED) is 0.349. The van der Waals surface area contributed by atoms with Crippen LogP contribution in [0.5, 0.6) is 5.75 Å². The second-order valence-electron chi connectivity index (χ2n) is 7.74. The molecule has 0 bridgehead atoms. The standard InChI is InChI=1S/C25H25ClN4O3S/c1-3-11-30(14-22-28-20-12-16(26)9-10-18(20)24(32)29-22)23(31)13-17-15-34-25(27-17)19-7-5-6-8-21(19)33-4-2/h5-10,12,15H,3-4,11,13-14H2,1-2H3,(H,28,29,32). The molecule has 0 radical (unpaired) electrons. The molecule has 4 rings (SSSR count). The number of benzene rings is 2. The van der Waals surface area contributed by atoms with Crippen molar-refractivity contribution in [2.45, 2.75) is 33.2 Å². The predicted octanol–water partition coefficient (Wildman–Crippen LogP) is 5.08. The number of amides is 1. The summed E-state index contributed by atoms with van der Waals surface area (Å²) in [5.41, 5.74) is 1.86. The number of hydrogen-bond donors (Lipinski definition) is 1. The summed E-state index contributed by atoms with van der Waals surface area (Å²) < 4.78 is 5.71. The number of nitrogens with zero attached hydrogens (tertiary/aromatic N) is 3. The lowest BCUT2D eigenvalue weighted by molar-refractivity contribution is -0.131. The number of H-pyrrole nitrogens is 1. The molecule has 1 N–H and O–H groups in total. The molecule has 4 aromatic rings. The van der Waals surface area contributed by atoms with Gasteiger partial charge in [-0.1, -0.05) is 30.7 Å². The van der Waals surface area contributed by atoms with Gasteiger partial charge in [-0.15, -0.1) is 11.3 Å². The molecule has 2 aromatic heterocycles. The van der Waals surface area contributed by atoms with Gasteiger partial charge in [-0.3, -0.25) is 9.59 Å². The number of rotatable bonds is 9. The molecule has 1 amide bonds. The van der Waals surface area contributed by atoms with Crippen molar-refractivity contribution in [1.82, 2.24) is 19.9 Å². The summed E-state index contributed by atoms with van der Waals surface area (Å²) in [6, 6.07) is 12.7. The fourth-order valence-electron chi connectivity index (χ4n) is 3.68. The Kier molecular flexibility index (Phi) is 7.59. The van der Waals surface area contributed by atoms with Crippen LogP contribution < -0.4 is 10.3 Å². The van der Waals surface area contributed by atoms with E-state index < -0.39 is 0 Å². The van der Waals surface area contributed by atoms with Crippen molar-refractivity contribution in [3.05, 3.63) is 74.7 Å². The summed E-state index contributed by atoms with van der Waals surface area (Å²) in [6.45, 7) is 5.26. The van der Waals surface area contributed by atoms with Crippen LogP contribution in [0.1, 0.15) is 31.8 Å². The molecule has 34 heavy (non-hydrogen) atoms. The molecular weight excluding hydrogens is 472 g/mol. The van der Waals surface area contributed by atoms with Gasteiger partial charge < -0.3 is 14.6 Å². The molecule has 7 nitrogen and oxygen atoms in total. The van der Waals surface area contributed by atoms with Crippen molar-refractivity contribution in [1.29, 1.82) is 0 Å². The number of aromatic amines is 1. The third-order valence-corrected chi connectivity index (χ3v) is 6.37. The zero-order valence-electron chi connectivity index (χ0n) is 19.0. The lowest BCUT2D eigenvalue weighted by Gasteiger charge is -2.21. The highest BCUT2D eigenvalue weighted by Gasteiger charge is 2.18. The van der Waals surface area contributed by atoms with Gasteiger partial charge in [0.15, 0.2) is 0 Å². The second kappa shape index (κ2) is 10.8. The maximum atomic E-state index is 13.1. The number of halogens is 1. The Hall–Kier alpha value is -3.23. The Morgan fingerprint density at radius 1 is 1.18 bits per heavy atom. The Morgan fingerprint density at radius 2 is 2.00 bits per heavy atom. The first kappa shape index (κ1) is 23.9. The maximum Gasteiger partial charge on any atom is 0.258 e. The molecule has 2 aromatic carbocycles. The monoisotopic (exact) mass is 496 g/mol. The number of para-hydroxylation sites is 1. The fraction of sp³-hybridized carbons (Fsp3) is 0.280. The third-order valence-electron chi connectivity index (χ3n) is 5.21. The average Bonchev–Trinajstić information content (AvgIpc) is 3.27. The summed E-state index contributed by atoms with van der Waals surface area (Å²) in [7, 11) is 0. The van der Waals surface area contributed by atoms with Crippen LogP contribution in [-0.2, 0) is 17.8 Å². The Bertz CT molecular complexity index is 1370. The van der Waals surface area contributed by atoms with Crippen LogP contribution in [-0.4, -0.2) is 38.9 Å². The molecule has 176 valence electrons. The maximum absolute atomic E-state index is 13.1. The first-order chi connectivity index (χ1) is 16.5. The van der Waals surface area contributed by atoms with Crippen molar-refractivity contribution < 1.29 is 9.53 Å². The molecule has 0 saturated carbocycles. The summed E-state index contributed by atoms with van der Waals surface area (Å²) >= 11 is 7.55. The highest BCUT2D eigenvalue weighted by molar-refractivity contribution is 7.13. The van der Waals surface area contributed by atoms with Crippen LogP contribution in [0.25, 0.3) is 21.5 Å². The first-order valence-corrected chi connectivity index (χ1v) is 12.4. The molecular formula is C25H25ClN4O3S. The van der Waals surface area contributed by atoms with Gasteiger partial charge in [-0.2, -0.15) is 0 Å². The van der Waals surface area contributed by atoms with E-state index in [9.17, 15) is 9.59 Å². The number of ether oxygens (including phenoxy) is 1. The molecule has 0 atom stereocenters. The van der Waals surface area contributed by atoms with E-state index in [0.717, 1.165) is 22.7 Å². The fourth-order valence-corrected chi connectivity index (χ4v) is 4.70. The summed E-state index contributed by atoms with van der Waals surface area (Å²) in [6.07, 6.45) is 0.941. The van der Waals surface area contributed by atoms with E-state index in [4.69, 9.17) is 16.3 Å². The van der Waals surface area contributed by atoms with Crippen molar-refractivity contribution in [3.63, 3.8) is 0 Å². The molecule has 0 aliphatic rings. The number of hydrogen-bond acceptors (Lipinski definition) is 6. The highest BCUT2D eigenvalue weighted by atomic mass is 35.5. The minimum Gasteiger partial charge on any atom is -0.493 e. The van der Waals surface area contributed by atoms with Crippen LogP contribution in [0.2, 0.25) is 5.02 Å². The first-order valence-electron chi connectivity index (χ1n) is 11.1. The van der Waals surface area contributed by atoms with Crippen LogP contribution >= 0.6 is 22.9 Å². The lowest BCUT2D eigenvalue weighted by atomic mass is 10.2. The summed E-state index contributed by atoms with van der Waals surface area (Å²) in [5.74, 6) is 1.12. The number of thiazole rings is 1. The smallest absolute Gasteiger partial charge is 0.258 e. The van der Waals surface area contributed by atoms with Crippen LogP contribution in [0, 0.1) is 0 Å². The Morgan fingerprint density at radius 3 is 2.79 bits per heavy atom. The van der Waals surface area contributed by atoms with E-state index >= 15 is 0 Å². The molecule has 0 unspecified atom stereocenters. The minimum atomic E-state index is -0.252. The minimum absolute atomic E-state index is 0.0781. The number of fused-ring (bicyclic) bond motifs is 1. The average molecular weight is 497 g/mol. The van der Waals surface area contributed by atoms with E-state index in [1.54, 1.807) is 23.1 Å². The zero-order valence-corrected chi connectivity index (χ0v) is 20.6. The molecule has 0 saturated heterocycles. The predicted molar refractivity (Wildman–Crippen MR) is 136 cm³/mol. The van der Waals surface area contributed by atoms with E-state index in [-0.39, 0.29) is 24.4 Å². The van der Waals surface area contributed by atoms with Gasteiger partial charge in [-0.25, -0.2) is 9.97 Å². The number of carbonyl (C=O) groups excluding carboxylic acids is 1. The van der Waals surface area contributed by atoms with Gasteiger partial charge in [0.1, 0.15) is 16.6 Å². The van der Waals surface area contributed by atoms with Crippen molar-refractivity contribution in [2.75, 3.05) is 13.2 Å². The van der Waals surface area contributed by atoms with E-state index in [2.05, 4.69) is 15.0 Å². The Labute approximate surface area is 206 Å². The SMILES string of the molecule is CCCN(Cc1nc2cc(Cl)ccc2c(=O)[nH]1)C(=O)Cc1csc(-c2ccccc2OCC)n1. The van der Waals surface area contributed by atoms with E-state index in [1.807, 2.05) is 43.5 Å². The van der Waals surface area contributed by atoms with Crippen molar-refractivity contribution >= 4 is 39.7 Å². The number of aromatic nitrogens is 3. The third kappa shape index (κ3) is 5.46. The van der Waals surface area contributed by atoms with Crippen LogP contribution in [0.15, 0.2) is 52.6 Å². The van der Waals surface area contributed by atoms with Crippen LogP contribution in [0.3, 0.4) is 0 Å². The van der Waals surface area contributed by atoms with Gasteiger partial charge in [0.05, 0.1) is 41.7 Å². The molecule has 9 heteroatoms. The molecule has 0 fully saturated rings. The van der Waals surface area contributed by atoms with Crippen molar-refractivity contribution in [2.24, 2.45) is 0 Å². The Balaban J connectivity index is 1.52. The summed E-state index contributed by atoms with van der Waals surface area (Å²) in [4.78, 5) is 39.3. The number of carbonyl (C=O) groups is 1. The second-order valence-corrected chi connectivity index (χ2v) is 9.03. The van der Waals surface area contributed by atoms with Crippen LogP contribution in [0.4, 0.5) is 0 Å².